The van der Waals surface area contributed by atoms with E-state index in [1.165, 1.54) is 38.1 Å². The second-order valence-electron chi connectivity index (χ2n) is 14.2. The summed E-state index contributed by atoms with van der Waals surface area (Å²) in [5.74, 6) is 1.73. The molecule has 0 saturated carbocycles. The minimum absolute atomic E-state index is 0.524. The van der Waals surface area contributed by atoms with Crippen LogP contribution in [0.2, 0.25) is 0 Å². The van der Waals surface area contributed by atoms with Gasteiger partial charge < -0.3 is 0 Å². The Morgan fingerprint density at radius 3 is 1.32 bits per heavy atom. The van der Waals surface area contributed by atoms with Crippen molar-refractivity contribution in [2.45, 2.75) is 0 Å². The largest absolute Gasteiger partial charge is 0.252 e. The van der Waals surface area contributed by atoms with E-state index in [9.17, 15) is 0 Å². The normalized spacial score (nSPS) is 11.6. The Balaban J connectivity index is 1.15. The molecule has 0 N–H and O–H groups in total. The Kier molecular flexibility index (Phi) is 7.46. The molecule has 9 aromatic carbocycles. The molecule has 0 fully saturated rings. The molecule has 0 aliphatic heterocycles. The summed E-state index contributed by atoms with van der Waals surface area (Å²) in [7, 11) is 0. The van der Waals surface area contributed by atoms with Gasteiger partial charge in [0.05, 0.1) is 0 Å². The molecule has 0 aliphatic carbocycles. The third kappa shape index (κ3) is 5.31. The topological polar surface area (TPSA) is 51.6 Å². The molecular weight excluding hydrogens is 681 g/mol. The van der Waals surface area contributed by atoms with E-state index in [0.29, 0.717) is 23.2 Å². The van der Waals surface area contributed by atoms with Crippen molar-refractivity contribution in [1.29, 1.82) is 0 Å². The van der Waals surface area contributed by atoms with Crippen LogP contribution in [-0.2, 0) is 0 Å². The Morgan fingerprint density at radius 2 is 0.714 bits per heavy atom. The summed E-state index contributed by atoms with van der Waals surface area (Å²) in [6.45, 7) is 0. The quantitative estimate of drug-likeness (QED) is 0.167. The van der Waals surface area contributed by atoms with Crippen molar-refractivity contribution < 1.29 is 0 Å². The third-order valence-electron chi connectivity index (χ3n) is 11.0. The molecule has 11 rings (SSSR count). The monoisotopic (exact) mass is 712 g/mol. The second-order valence-corrected chi connectivity index (χ2v) is 14.2. The molecule has 0 saturated heterocycles. The van der Waals surface area contributed by atoms with Crippen LogP contribution in [0.3, 0.4) is 0 Å². The lowest BCUT2D eigenvalue weighted by Crippen LogP contribution is -2.02. The van der Waals surface area contributed by atoms with E-state index >= 15 is 0 Å². The molecule has 2 aromatic heterocycles. The molecule has 0 amide bonds. The summed E-state index contributed by atoms with van der Waals surface area (Å²) < 4.78 is 0. The number of hydrogen-bond donors (Lipinski definition) is 0. The van der Waals surface area contributed by atoms with E-state index in [1.54, 1.807) is 0 Å². The Labute approximate surface area is 323 Å². The van der Waals surface area contributed by atoms with Gasteiger partial charge in [-0.3, -0.25) is 4.98 Å². The molecule has 0 bridgehead atoms. The summed E-state index contributed by atoms with van der Waals surface area (Å²) in [6, 6.07) is 66.3. The lowest BCUT2D eigenvalue weighted by molar-refractivity contribution is 1.06. The summed E-state index contributed by atoms with van der Waals surface area (Å²) in [5, 5.41) is 11.7. The van der Waals surface area contributed by atoms with Crippen LogP contribution in [0, 0.1) is 0 Å². The van der Waals surface area contributed by atoms with E-state index in [1.807, 2.05) is 30.5 Å². The van der Waals surface area contributed by atoms with Gasteiger partial charge in [-0.1, -0.05) is 164 Å². The SMILES string of the molecule is c1ccc(-c2ccc(-c3nc(-c4ccc(-c5cc6ccccc6c6ccccc56)c5ccccc45)nc(-c4cc5ccccc5c5ccccc45)n3)nc2)cc1. The van der Waals surface area contributed by atoms with Gasteiger partial charge in [0.1, 0.15) is 5.69 Å². The highest BCUT2D eigenvalue weighted by molar-refractivity contribution is 6.17. The lowest BCUT2D eigenvalue weighted by atomic mass is 9.89. The zero-order valence-corrected chi connectivity index (χ0v) is 30.3. The summed E-state index contributed by atoms with van der Waals surface area (Å²) in [6.07, 6.45) is 1.90. The van der Waals surface area contributed by atoms with Crippen LogP contribution >= 0.6 is 0 Å². The fourth-order valence-corrected chi connectivity index (χ4v) is 8.30. The highest BCUT2D eigenvalue weighted by Crippen LogP contribution is 2.41. The van der Waals surface area contributed by atoms with Gasteiger partial charge in [0.15, 0.2) is 17.5 Å². The van der Waals surface area contributed by atoms with Gasteiger partial charge in [-0.15, -0.1) is 0 Å². The number of benzene rings is 9. The fraction of sp³-hybridized carbons (Fsp3) is 0. The van der Waals surface area contributed by atoms with Gasteiger partial charge in [0.2, 0.25) is 0 Å². The van der Waals surface area contributed by atoms with Gasteiger partial charge in [0, 0.05) is 22.9 Å². The average molecular weight is 713 g/mol. The van der Waals surface area contributed by atoms with Crippen molar-refractivity contribution in [2.24, 2.45) is 0 Å². The fourth-order valence-electron chi connectivity index (χ4n) is 8.30. The van der Waals surface area contributed by atoms with Gasteiger partial charge in [-0.2, -0.15) is 0 Å². The van der Waals surface area contributed by atoms with Crippen molar-refractivity contribution in [3.8, 4) is 56.5 Å². The number of nitrogens with zero attached hydrogens (tertiary/aromatic N) is 4. The van der Waals surface area contributed by atoms with Crippen molar-refractivity contribution in [3.05, 3.63) is 194 Å². The van der Waals surface area contributed by atoms with Crippen LogP contribution in [-0.4, -0.2) is 19.9 Å². The molecule has 0 spiro atoms. The zero-order chi connectivity index (χ0) is 37.0. The molecule has 56 heavy (non-hydrogen) atoms. The first kappa shape index (κ1) is 31.9. The van der Waals surface area contributed by atoms with E-state index in [2.05, 4.69) is 164 Å². The van der Waals surface area contributed by atoms with E-state index in [0.717, 1.165) is 49.2 Å². The molecule has 4 heteroatoms. The van der Waals surface area contributed by atoms with Crippen LogP contribution in [0.25, 0.3) is 110 Å². The smallest absolute Gasteiger partial charge is 0.182 e. The first-order valence-corrected chi connectivity index (χ1v) is 18.9. The summed E-state index contributed by atoms with van der Waals surface area (Å²) >= 11 is 0. The van der Waals surface area contributed by atoms with Crippen LogP contribution in [0.1, 0.15) is 0 Å². The maximum absolute atomic E-state index is 5.31. The Bertz CT molecular complexity index is 3300. The van der Waals surface area contributed by atoms with Gasteiger partial charge >= 0.3 is 0 Å². The van der Waals surface area contributed by atoms with Gasteiger partial charge in [-0.05, 0) is 94.8 Å². The highest BCUT2D eigenvalue weighted by atomic mass is 15.0. The molecular formula is C52H32N4. The van der Waals surface area contributed by atoms with E-state index in [4.69, 9.17) is 19.9 Å². The predicted octanol–water partition coefficient (Wildman–Crippen LogP) is 13.4. The van der Waals surface area contributed by atoms with Crippen molar-refractivity contribution in [3.63, 3.8) is 0 Å². The van der Waals surface area contributed by atoms with E-state index in [-0.39, 0.29) is 0 Å². The van der Waals surface area contributed by atoms with Crippen LogP contribution in [0.15, 0.2) is 194 Å². The molecule has 0 unspecified atom stereocenters. The van der Waals surface area contributed by atoms with Crippen LogP contribution in [0.5, 0.6) is 0 Å². The molecule has 2 heterocycles. The molecule has 0 radical (unpaired) electrons. The first-order valence-electron chi connectivity index (χ1n) is 18.9. The minimum Gasteiger partial charge on any atom is -0.252 e. The second kappa shape index (κ2) is 13.1. The van der Waals surface area contributed by atoms with Crippen LogP contribution < -0.4 is 0 Å². The van der Waals surface area contributed by atoms with Crippen LogP contribution in [0.4, 0.5) is 0 Å². The maximum atomic E-state index is 5.31. The summed E-state index contributed by atoms with van der Waals surface area (Å²) in [5.41, 5.74) is 7.08. The first-order chi connectivity index (χ1) is 27.8. The Hall–Kier alpha value is -7.56. The molecule has 260 valence electrons. The maximum Gasteiger partial charge on any atom is 0.182 e. The van der Waals surface area contributed by atoms with Gasteiger partial charge in [0.25, 0.3) is 0 Å². The number of pyridine rings is 1. The minimum atomic E-state index is 0.524. The number of fused-ring (bicyclic) bond motifs is 7. The molecule has 0 atom stereocenters. The Morgan fingerprint density at radius 1 is 0.268 bits per heavy atom. The highest BCUT2D eigenvalue weighted by Gasteiger charge is 2.19. The molecule has 4 nitrogen and oxygen atoms in total. The number of hydrogen-bond acceptors (Lipinski definition) is 4. The van der Waals surface area contributed by atoms with E-state index < -0.39 is 0 Å². The molecule has 0 aliphatic rings. The van der Waals surface area contributed by atoms with Crippen molar-refractivity contribution >= 4 is 53.9 Å². The van der Waals surface area contributed by atoms with Gasteiger partial charge in [-0.25, -0.2) is 15.0 Å². The third-order valence-corrected chi connectivity index (χ3v) is 11.0. The standard InChI is InChI=1S/C52H32N4/c1-2-14-33(15-3-1)36-26-29-49(53-32-36)52-55-50(54-51(56-52)48-31-35-17-5-7-19-38(35)40-21-9-13-25-44(40)48)46-28-27-45(41-22-10-11-23-42(41)46)47-30-34-16-4-6-18-37(34)39-20-8-12-24-43(39)47/h1-32H. The molecule has 11 aromatic rings. The summed E-state index contributed by atoms with van der Waals surface area (Å²) in [4.78, 5) is 20.6. The van der Waals surface area contributed by atoms with Crippen molar-refractivity contribution in [2.75, 3.05) is 0 Å². The lowest BCUT2D eigenvalue weighted by Gasteiger charge is -2.16. The van der Waals surface area contributed by atoms with Crippen molar-refractivity contribution in [1.82, 2.24) is 19.9 Å². The zero-order valence-electron chi connectivity index (χ0n) is 30.3. The number of rotatable bonds is 5. The predicted molar refractivity (Wildman–Crippen MR) is 232 cm³/mol. The average Bonchev–Trinajstić information content (AvgIpc) is 3.28. The number of aromatic nitrogens is 4.